The molecule has 148 valence electrons. The summed E-state index contributed by atoms with van der Waals surface area (Å²) in [7, 11) is 0. The lowest BCUT2D eigenvalue weighted by molar-refractivity contribution is -0.142. The number of hydrogen-bond acceptors (Lipinski definition) is 6. The molecule has 0 radical (unpaired) electrons. The van der Waals surface area contributed by atoms with E-state index in [2.05, 4.69) is 6.92 Å². The predicted molar refractivity (Wildman–Crippen MR) is 112 cm³/mol. The summed E-state index contributed by atoms with van der Waals surface area (Å²) in [5, 5.41) is 9.99. The molecule has 1 atom stereocenters. The Balaban J connectivity index is 1.84. The smallest absolute Gasteiger partial charge is 0.306 e. The van der Waals surface area contributed by atoms with Crippen molar-refractivity contribution in [1.82, 2.24) is 9.55 Å². The van der Waals surface area contributed by atoms with Crippen LogP contribution in [0.3, 0.4) is 0 Å². The number of thioether (sulfide) groups is 1. The summed E-state index contributed by atoms with van der Waals surface area (Å²) in [6.07, 6.45) is 4.74. The monoisotopic (exact) mass is 418 g/mol. The molecular formula is C20H22N2O4S2. The number of aromatic nitrogens is 2. The molecule has 3 heterocycles. The lowest BCUT2D eigenvalue weighted by atomic mass is 9.97. The number of aryl methyl sites for hydroxylation is 2. The third-order valence-electron chi connectivity index (χ3n) is 5.49. The van der Waals surface area contributed by atoms with E-state index in [1.807, 2.05) is 0 Å². The van der Waals surface area contributed by atoms with Crippen LogP contribution in [0.1, 0.15) is 48.9 Å². The average Bonchev–Trinajstić information content (AvgIpc) is 2.91. The summed E-state index contributed by atoms with van der Waals surface area (Å²) in [5.74, 6) is 0.384. The standard InChI is InChI=1S/C20H22N2O4S2/c1-2-9-27-16-12(10-23)3-5-13-15-18(28-17(13)16)21-14-6-4-11(20(25)26)7-8-22(14)19(15)24/h10-11H,2-9H2,1H3,(H,25,26). The minimum Gasteiger partial charge on any atom is -0.481 e. The van der Waals surface area contributed by atoms with E-state index in [-0.39, 0.29) is 5.56 Å². The van der Waals surface area contributed by atoms with Gasteiger partial charge in [-0.1, -0.05) is 6.92 Å². The van der Waals surface area contributed by atoms with Gasteiger partial charge in [0.2, 0.25) is 0 Å². The van der Waals surface area contributed by atoms with E-state index in [0.29, 0.717) is 49.9 Å². The van der Waals surface area contributed by atoms with Crippen molar-refractivity contribution in [2.45, 2.75) is 52.0 Å². The van der Waals surface area contributed by atoms with Gasteiger partial charge in [0.05, 0.1) is 11.3 Å². The van der Waals surface area contributed by atoms with Crippen molar-refractivity contribution in [3.8, 4) is 0 Å². The Hall–Kier alpha value is -1.93. The molecule has 0 saturated heterocycles. The predicted octanol–water partition coefficient (Wildman–Crippen LogP) is 3.49. The van der Waals surface area contributed by atoms with E-state index in [1.165, 1.54) is 11.3 Å². The second-order valence-electron chi connectivity index (χ2n) is 7.26. The minimum absolute atomic E-state index is 0.0575. The number of rotatable bonds is 5. The molecule has 1 aliphatic heterocycles. The van der Waals surface area contributed by atoms with E-state index < -0.39 is 11.9 Å². The molecular weight excluding hydrogens is 396 g/mol. The Labute approximate surface area is 170 Å². The van der Waals surface area contributed by atoms with Gasteiger partial charge in [-0.15, -0.1) is 23.1 Å². The van der Waals surface area contributed by atoms with Gasteiger partial charge in [-0.05, 0) is 43.4 Å². The molecule has 0 amide bonds. The highest BCUT2D eigenvalue weighted by Crippen LogP contribution is 2.45. The van der Waals surface area contributed by atoms with Gasteiger partial charge in [-0.25, -0.2) is 4.98 Å². The zero-order valence-electron chi connectivity index (χ0n) is 15.7. The number of carbonyl (C=O) groups excluding carboxylic acids is 1. The topological polar surface area (TPSA) is 89.3 Å². The highest BCUT2D eigenvalue weighted by molar-refractivity contribution is 8.08. The highest BCUT2D eigenvalue weighted by atomic mass is 32.2. The Bertz CT molecular complexity index is 1050. The summed E-state index contributed by atoms with van der Waals surface area (Å²) >= 11 is 3.19. The number of thiophene rings is 1. The molecule has 2 aromatic rings. The first kappa shape index (κ1) is 19.4. The molecule has 1 aliphatic carbocycles. The molecule has 6 nitrogen and oxygen atoms in total. The maximum atomic E-state index is 13.3. The van der Waals surface area contributed by atoms with Gasteiger partial charge >= 0.3 is 5.97 Å². The van der Waals surface area contributed by atoms with Crippen LogP contribution in [0.5, 0.6) is 0 Å². The van der Waals surface area contributed by atoms with Crippen LogP contribution in [0.4, 0.5) is 0 Å². The van der Waals surface area contributed by atoms with Crippen LogP contribution in [0.15, 0.2) is 10.4 Å². The largest absolute Gasteiger partial charge is 0.481 e. The van der Waals surface area contributed by atoms with Crippen molar-refractivity contribution < 1.29 is 14.7 Å². The molecule has 4 rings (SSSR count). The number of hydrogen-bond donors (Lipinski definition) is 1. The summed E-state index contributed by atoms with van der Waals surface area (Å²) in [6, 6.07) is 0. The van der Waals surface area contributed by atoms with Crippen LogP contribution in [0, 0.1) is 5.92 Å². The molecule has 1 unspecified atom stereocenters. The van der Waals surface area contributed by atoms with Crippen molar-refractivity contribution in [1.29, 1.82) is 0 Å². The van der Waals surface area contributed by atoms with Gasteiger partial charge in [0.15, 0.2) is 0 Å². The fourth-order valence-electron chi connectivity index (χ4n) is 4.00. The number of aldehydes is 1. The van der Waals surface area contributed by atoms with Gasteiger partial charge in [0.25, 0.3) is 5.56 Å². The summed E-state index contributed by atoms with van der Waals surface area (Å²) in [4.78, 5) is 43.7. The first-order valence-corrected chi connectivity index (χ1v) is 11.4. The summed E-state index contributed by atoms with van der Waals surface area (Å²) in [6.45, 7) is 2.50. The number of carboxylic acid groups (broad SMARTS) is 1. The molecule has 0 bridgehead atoms. The van der Waals surface area contributed by atoms with Gasteiger partial charge in [0.1, 0.15) is 16.9 Å². The zero-order valence-corrected chi connectivity index (χ0v) is 17.3. The number of allylic oxidation sites excluding steroid dienone is 1. The van der Waals surface area contributed by atoms with Crippen LogP contribution in [0.25, 0.3) is 15.1 Å². The van der Waals surface area contributed by atoms with E-state index in [0.717, 1.165) is 44.2 Å². The molecule has 28 heavy (non-hydrogen) atoms. The Morgan fingerprint density at radius 2 is 2.18 bits per heavy atom. The second kappa shape index (κ2) is 7.83. The molecule has 0 fully saturated rings. The quantitative estimate of drug-likeness (QED) is 0.748. The van der Waals surface area contributed by atoms with Crippen LogP contribution < -0.4 is 5.56 Å². The SMILES string of the molecule is CCCSC1=C(C=O)CCc2c1sc1nc3n(c(=O)c21)CCC(C(=O)O)CC3. The zero-order chi connectivity index (χ0) is 19.8. The van der Waals surface area contributed by atoms with Gasteiger partial charge in [-0.3, -0.25) is 19.0 Å². The highest BCUT2D eigenvalue weighted by Gasteiger charge is 2.29. The summed E-state index contributed by atoms with van der Waals surface area (Å²) in [5.41, 5.74) is 1.78. The lowest BCUT2D eigenvalue weighted by Gasteiger charge is -2.17. The van der Waals surface area contributed by atoms with Crippen LogP contribution in [0.2, 0.25) is 0 Å². The van der Waals surface area contributed by atoms with E-state index in [4.69, 9.17) is 4.98 Å². The fourth-order valence-corrected chi connectivity index (χ4v) is 6.51. The third-order valence-corrected chi connectivity index (χ3v) is 8.13. The van der Waals surface area contributed by atoms with E-state index in [1.54, 1.807) is 16.3 Å². The first-order valence-electron chi connectivity index (χ1n) is 9.64. The van der Waals surface area contributed by atoms with Crippen LogP contribution >= 0.6 is 23.1 Å². The maximum absolute atomic E-state index is 13.3. The number of aliphatic carboxylic acids is 1. The van der Waals surface area contributed by atoms with Crippen molar-refractivity contribution in [2.24, 2.45) is 5.92 Å². The Kier molecular flexibility index (Phi) is 5.42. The first-order chi connectivity index (χ1) is 13.5. The molecule has 0 saturated carbocycles. The molecule has 2 aromatic heterocycles. The van der Waals surface area contributed by atoms with Crippen LogP contribution in [-0.2, 0) is 29.0 Å². The third kappa shape index (κ3) is 3.22. The normalized spacial score (nSPS) is 19.2. The average molecular weight is 419 g/mol. The van der Waals surface area contributed by atoms with Crippen molar-refractivity contribution >= 4 is 50.5 Å². The van der Waals surface area contributed by atoms with Crippen molar-refractivity contribution in [3.63, 3.8) is 0 Å². The Morgan fingerprint density at radius 3 is 2.89 bits per heavy atom. The molecule has 8 heteroatoms. The number of fused-ring (bicyclic) bond motifs is 4. The van der Waals surface area contributed by atoms with E-state index in [9.17, 15) is 19.5 Å². The Morgan fingerprint density at radius 1 is 1.36 bits per heavy atom. The van der Waals surface area contributed by atoms with E-state index >= 15 is 0 Å². The molecule has 0 aromatic carbocycles. The second-order valence-corrected chi connectivity index (χ2v) is 9.36. The van der Waals surface area contributed by atoms with Crippen LogP contribution in [-0.4, -0.2) is 32.7 Å². The summed E-state index contributed by atoms with van der Waals surface area (Å²) < 4.78 is 1.68. The van der Waals surface area contributed by atoms with Crippen molar-refractivity contribution in [2.75, 3.05) is 5.75 Å². The number of carboxylic acids is 1. The molecule has 0 spiro atoms. The fraction of sp³-hybridized carbons (Fsp3) is 0.500. The molecule has 1 N–H and O–H groups in total. The van der Waals surface area contributed by atoms with Gasteiger partial charge < -0.3 is 5.11 Å². The minimum atomic E-state index is -0.802. The van der Waals surface area contributed by atoms with Gasteiger partial charge in [0, 0.05) is 28.3 Å². The van der Waals surface area contributed by atoms with Gasteiger partial charge in [-0.2, -0.15) is 0 Å². The molecule has 2 aliphatic rings. The maximum Gasteiger partial charge on any atom is 0.306 e. The number of nitrogens with zero attached hydrogens (tertiary/aromatic N) is 2. The van der Waals surface area contributed by atoms with Crippen molar-refractivity contribution in [3.05, 3.63) is 32.2 Å². The number of carbonyl (C=O) groups is 2. The lowest BCUT2D eigenvalue weighted by Crippen LogP contribution is -2.25.